The molecule has 7 heteroatoms. The molecule has 0 saturated carbocycles. The Hall–Kier alpha value is -1.44. The smallest absolute Gasteiger partial charge is 0.147 e. The van der Waals surface area contributed by atoms with Crippen LogP contribution in [-0.4, -0.2) is 32.0 Å². The topological polar surface area (TPSA) is 68.3 Å². The molecule has 1 unspecified atom stereocenters. The minimum atomic E-state index is -2.92. The standard InChI is InChI=1S/C17H22N2O3S2/c1-24(20,21)10-8-13-4-6-14(7-5-13)18-11-15-12-23-17(19-15)16-3-2-9-22-16/h4-7,12,16,18H,2-3,8-11H2,1H3. The van der Waals surface area contributed by atoms with E-state index in [1.54, 1.807) is 11.3 Å². The van der Waals surface area contributed by atoms with Crippen molar-refractivity contribution in [3.8, 4) is 0 Å². The summed E-state index contributed by atoms with van der Waals surface area (Å²) < 4.78 is 28.1. The lowest BCUT2D eigenvalue weighted by molar-refractivity contribution is 0.111. The number of aromatic nitrogens is 1. The van der Waals surface area contributed by atoms with Crippen LogP contribution in [-0.2, 0) is 27.5 Å². The third kappa shape index (κ3) is 5.03. The highest BCUT2D eigenvalue weighted by Gasteiger charge is 2.20. The van der Waals surface area contributed by atoms with E-state index in [-0.39, 0.29) is 11.9 Å². The zero-order valence-corrected chi connectivity index (χ0v) is 15.3. The van der Waals surface area contributed by atoms with Crippen molar-refractivity contribution in [1.82, 2.24) is 4.98 Å². The van der Waals surface area contributed by atoms with Gasteiger partial charge >= 0.3 is 0 Å². The summed E-state index contributed by atoms with van der Waals surface area (Å²) in [5, 5.41) is 6.49. The van der Waals surface area contributed by atoms with Gasteiger partial charge in [-0.3, -0.25) is 0 Å². The summed E-state index contributed by atoms with van der Waals surface area (Å²) >= 11 is 1.66. The second kappa shape index (κ2) is 7.63. The van der Waals surface area contributed by atoms with E-state index >= 15 is 0 Å². The van der Waals surface area contributed by atoms with Crippen molar-refractivity contribution in [2.24, 2.45) is 0 Å². The lowest BCUT2D eigenvalue weighted by atomic mass is 10.1. The molecule has 2 aromatic rings. The molecule has 0 radical (unpaired) electrons. The average molecular weight is 367 g/mol. The first-order chi connectivity index (χ1) is 11.5. The summed E-state index contributed by atoms with van der Waals surface area (Å²) in [4.78, 5) is 4.65. The van der Waals surface area contributed by atoms with Crippen LogP contribution in [0.2, 0.25) is 0 Å². The van der Waals surface area contributed by atoms with E-state index in [9.17, 15) is 8.42 Å². The van der Waals surface area contributed by atoms with E-state index in [0.717, 1.165) is 41.4 Å². The van der Waals surface area contributed by atoms with E-state index in [0.29, 0.717) is 13.0 Å². The van der Waals surface area contributed by atoms with Gasteiger partial charge in [-0.05, 0) is 37.0 Å². The van der Waals surface area contributed by atoms with Gasteiger partial charge in [-0.15, -0.1) is 11.3 Å². The first kappa shape index (κ1) is 17.4. The predicted molar refractivity (Wildman–Crippen MR) is 97.2 cm³/mol. The molecule has 1 N–H and O–H groups in total. The first-order valence-corrected chi connectivity index (χ1v) is 11.0. The van der Waals surface area contributed by atoms with Crippen molar-refractivity contribution >= 4 is 26.9 Å². The van der Waals surface area contributed by atoms with Gasteiger partial charge in [0.25, 0.3) is 0 Å². The molecular weight excluding hydrogens is 344 g/mol. The third-order valence-electron chi connectivity index (χ3n) is 3.96. The van der Waals surface area contributed by atoms with Crippen LogP contribution < -0.4 is 5.32 Å². The van der Waals surface area contributed by atoms with E-state index in [1.165, 1.54) is 6.26 Å². The molecule has 0 aliphatic carbocycles. The molecule has 2 heterocycles. The van der Waals surface area contributed by atoms with E-state index in [2.05, 4.69) is 15.7 Å². The van der Waals surface area contributed by atoms with Crippen LogP contribution in [0.5, 0.6) is 0 Å². The molecule has 1 aliphatic heterocycles. The lowest BCUT2D eigenvalue weighted by Crippen LogP contribution is -2.06. The number of rotatable bonds is 7. The van der Waals surface area contributed by atoms with Crippen LogP contribution in [0.3, 0.4) is 0 Å². The van der Waals surface area contributed by atoms with Gasteiger partial charge in [-0.1, -0.05) is 12.1 Å². The molecule has 24 heavy (non-hydrogen) atoms. The van der Waals surface area contributed by atoms with E-state index in [4.69, 9.17) is 4.74 Å². The number of nitrogens with one attached hydrogen (secondary N) is 1. The van der Waals surface area contributed by atoms with Gasteiger partial charge in [0, 0.05) is 23.9 Å². The molecule has 5 nitrogen and oxygen atoms in total. The van der Waals surface area contributed by atoms with Crippen LogP contribution in [0.1, 0.15) is 35.2 Å². The molecule has 1 aromatic carbocycles. The van der Waals surface area contributed by atoms with Crippen LogP contribution in [0.15, 0.2) is 29.6 Å². The molecule has 3 rings (SSSR count). The zero-order valence-electron chi connectivity index (χ0n) is 13.7. The summed E-state index contributed by atoms with van der Waals surface area (Å²) in [6.45, 7) is 1.51. The molecule has 1 aromatic heterocycles. The fourth-order valence-corrected chi connectivity index (χ4v) is 4.12. The van der Waals surface area contributed by atoms with Crippen molar-refractivity contribution in [3.63, 3.8) is 0 Å². The second-order valence-corrected chi connectivity index (χ2v) is 9.26. The van der Waals surface area contributed by atoms with Crippen molar-refractivity contribution in [3.05, 3.63) is 45.9 Å². The molecule has 1 fully saturated rings. The van der Waals surface area contributed by atoms with Gasteiger partial charge in [-0.2, -0.15) is 0 Å². The van der Waals surface area contributed by atoms with Crippen molar-refractivity contribution in [1.29, 1.82) is 0 Å². The summed E-state index contributed by atoms with van der Waals surface area (Å²) in [5.74, 6) is 0.185. The number of hydrogen-bond acceptors (Lipinski definition) is 6. The molecule has 130 valence electrons. The number of aryl methyl sites for hydroxylation is 1. The quantitative estimate of drug-likeness (QED) is 0.815. The summed E-state index contributed by atoms with van der Waals surface area (Å²) in [6.07, 6.45) is 4.18. The highest BCUT2D eigenvalue weighted by atomic mass is 32.2. The van der Waals surface area contributed by atoms with Gasteiger partial charge < -0.3 is 10.1 Å². The zero-order chi connectivity index (χ0) is 17.0. The Morgan fingerprint density at radius 2 is 2.12 bits per heavy atom. The number of thiazole rings is 1. The van der Waals surface area contributed by atoms with E-state index in [1.807, 2.05) is 24.3 Å². The van der Waals surface area contributed by atoms with Gasteiger partial charge in [0.05, 0.1) is 18.0 Å². The minimum Gasteiger partial charge on any atom is -0.379 e. The van der Waals surface area contributed by atoms with Crippen LogP contribution >= 0.6 is 11.3 Å². The summed E-state index contributed by atoms with van der Waals surface area (Å²) in [6, 6.07) is 7.88. The number of ether oxygens (including phenoxy) is 1. The Morgan fingerprint density at radius 3 is 2.79 bits per heavy atom. The number of benzene rings is 1. The number of anilines is 1. The fraction of sp³-hybridized carbons (Fsp3) is 0.471. The Bertz CT molecular complexity index is 763. The SMILES string of the molecule is CS(=O)(=O)CCc1ccc(NCc2csc(C3CCCO3)n2)cc1. The fourth-order valence-electron chi connectivity index (χ4n) is 2.61. The van der Waals surface area contributed by atoms with Gasteiger partial charge in [0.1, 0.15) is 20.9 Å². The maximum Gasteiger partial charge on any atom is 0.147 e. The van der Waals surface area contributed by atoms with Crippen molar-refractivity contribution < 1.29 is 13.2 Å². The first-order valence-electron chi connectivity index (χ1n) is 8.06. The Kier molecular flexibility index (Phi) is 5.53. The lowest BCUT2D eigenvalue weighted by Gasteiger charge is -2.07. The van der Waals surface area contributed by atoms with Gasteiger partial charge in [-0.25, -0.2) is 13.4 Å². The number of sulfone groups is 1. The average Bonchev–Trinajstić information content (AvgIpc) is 3.22. The van der Waals surface area contributed by atoms with Crippen LogP contribution in [0.25, 0.3) is 0 Å². The maximum atomic E-state index is 11.2. The summed E-state index contributed by atoms with van der Waals surface area (Å²) in [5.41, 5.74) is 3.05. The highest BCUT2D eigenvalue weighted by Crippen LogP contribution is 2.30. The van der Waals surface area contributed by atoms with Crippen LogP contribution in [0, 0.1) is 0 Å². The van der Waals surface area contributed by atoms with E-state index < -0.39 is 9.84 Å². The third-order valence-corrected chi connectivity index (χ3v) is 5.90. The minimum absolute atomic E-state index is 0.179. The Balaban J connectivity index is 1.51. The predicted octanol–water partition coefficient (Wildman–Crippen LogP) is 3.19. The second-order valence-electron chi connectivity index (χ2n) is 6.11. The summed E-state index contributed by atoms with van der Waals surface area (Å²) in [7, 11) is -2.92. The monoisotopic (exact) mass is 366 g/mol. The molecule has 0 amide bonds. The molecular formula is C17H22N2O3S2. The molecule has 1 saturated heterocycles. The number of hydrogen-bond donors (Lipinski definition) is 1. The Morgan fingerprint density at radius 1 is 1.33 bits per heavy atom. The normalized spacial score (nSPS) is 18.0. The highest BCUT2D eigenvalue weighted by molar-refractivity contribution is 7.90. The van der Waals surface area contributed by atoms with Crippen molar-refractivity contribution in [2.45, 2.75) is 31.9 Å². The van der Waals surface area contributed by atoms with Gasteiger partial charge in [0.15, 0.2) is 0 Å². The Labute approximate surface area is 147 Å². The molecule has 1 atom stereocenters. The van der Waals surface area contributed by atoms with Crippen molar-refractivity contribution in [2.75, 3.05) is 23.9 Å². The number of nitrogens with zero attached hydrogens (tertiary/aromatic N) is 1. The maximum absolute atomic E-state index is 11.2. The largest absolute Gasteiger partial charge is 0.379 e. The molecule has 1 aliphatic rings. The molecule has 0 spiro atoms. The van der Waals surface area contributed by atoms with Gasteiger partial charge in [0.2, 0.25) is 0 Å². The molecule has 0 bridgehead atoms. The van der Waals surface area contributed by atoms with Crippen LogP contribution in [0.4, 0.5) is 5.69 Å².